The third-order valence-corrected chi connectivity index (χ3v) is 11.0. The predicted molar refractivity (Wildman–Crippen MR) is 131 cm³/mol. The smallest absolute Gasteiger partial charge is 0.158 e. The Hall–Kier alpha value is -1.17. The van der Waals surface area contributed by atoms with Crippen LogP contribution in [-0.2, 0) is 21.1 Å². The van der Waals surface area contributed by atoms with Gasteiger partial charge in [-0.3, -0.25) is 4.79 Å². The van der Waals surface area contributed by atoms with Gasteiger partial charge in [0.25, 0.3) is 0 Å². The Labute approximate surface area is 198 Å². The number of Topliss-reactive ketones (excluding diaryl/α,β-unsaturated/α-hetero) is 1. The molecule has 0 aromatic heterocycles. The molecular formula is C26H36ClNO3S. The van der Waals surface area contributed by atoms with E-state index in [-0.39, 0.29) is 16.5 Å². The molecule has 0 radical (unpaired) electrons. The van der Waals surface area contributed by atoms with Gasteiger partial charge in [0.15, 0.2) is 15.6 Å². The van der Waals surface area contributed by atoms with E-state index in [0.29, 0.717) is 31.1 Å². The van der Waals surface area contributed by atoms with Gasteiger partial charge in [0.1, 0.15) is 0 Å². The predicted octanol–water partition coefficient (Wildman–Crippen LogP) is 5.88. The summed E-state index contributed by atoms with van der Waals surface area (Å²) < 4.78 is 26.0. The van der Waals surface area contributed by atoms with E-state index in [1.165, 1.54) is 5.57 Å². The Morgan fingerprint density at radius 2 is 1.88 bits per heavy atom. The van der Waals surface area contributed by atoms with Gasteiger partial charge in [0.2, 0.25) is 0 Å². The van der Waals surface area contributed by atoms with E-state index in [9.17, 15) is 13.2 Å². The first-order valence-corrected chi connectivity index (χ1v) is 14.3. The molecule has 0 amide bonds. The average molecular weight is 478 g/mol. The molecule has 1 aliphatic heterocycles. The highest BCUT2D eigenvalue weighted by molar-refractivity contribution is 7.92. The summed E-state index contributed by atoms with van der Waals surface area (Å²) in [5, 5.41) is 3.81. The SMILES string of the molecule is CC1=C(CC2NC2c2cccc(CCC(C)S(=O)(=O)C3CCCCC3)c2Cl)CCCC1=O. The first-order chi connectivity index (χ1) is 15.3. The maximum atomic E-state index is 13.0. The van der Waals surface area contributed by atoms with Crippen molar-refractivity contribution in [2.75, 3.05) is 0 Å². The molecule has 4 nitrogen and oxygen atoms in total. The van der Waals surface area contributed by atoms with E-state index in [0.717, 1.165) is 73.1 Å². The van der Waals surface area contributed by atoms with Crippen LogP contribution in [0.4, 0.5) is 0 Å². The summed E-state index contributed by atoms with van der Waals surface area (Å²) in [5.41, 5.74) is 4.37. The summed E-state index contributed by atoms with van der Waals surface area (Å²) in [6.07, 6.45) is 9.71. The van der Waals surface area contributed by atoms with Gasteiger partial charge in [-0.2, -0.15) is 0 Å². The molecule has 1 heterocycles. The van der Waals surface area contributed by atoms with E-state index < -0.39 is 9.84 Å². The molecule has 4 rings (SSSR count). The first-order valence-electron chi connectivity index (χ1n) is 12.3. The molecule has 1 aromatic carbocycles. The first kappa shape index (κ1) is 24.0. The summed E-state index contributed by atoms with van der Waals surface area (Å²) >= 11 is 6.79. The van der Waals surface area contributed by atoms with E-state index in [1.54, 1.807) is 0 Å². The summed E-state index contributed by atoms with van der Waals surface area (Å²) in [6.45, 7) is 3.83. The fraction of sp³-hybridized carbons (Fsp3) is 0.654. The van der Waals surface area contributed by atoms with Crippen LogP contribution >= 0.6 is 11.6 Å². The normalized spacial score (nSPS) is 25.8. The molecular weight excluding hydrogens is 442 g/mol. The van der Waals surface area contributed by atoms with Crippen LogP contribution in [0.2, 0.25) is 5.02 Å². The van der Waals surface area contributed by atoms with Crippen molar-refractivity contribution in [2.24, 2.45) is 0 Å². The van der Waals surface area contributed by atoms with Crippen LogP contribution in [0.15, 0.2) is 29.3 Å². The van der Waals surface area contributed by atoms with Gasteiger partial charge in [-0.1, -0.05) is 54.6 Å². The van der Waals surface area contributed by atoms with E-state index in [1.807, 2.05) is 26.0 Å². The minimum atomic E-state index is -3.08. The fourth-order valence-electron chi connectivity index (χ4n) is 5.49. The highest BCUT2D eigenvalue weighted by atomic mass is 35.5. The largest absolute Gasteiger partial charge is 0.304 e. The van der Waals surface area contributed by atoms with Gasteiger partial charge >= 0.3 is 0 Å². The van der Waals surface area contributed by atoms with Crippen molar-refractivity contribution in [3.05, 3.63) is 45.5 Å². The van der Waals surface area contributed by atoms with Crippen LogP contribution < -0.4 is 5.32 Å². The summed E-state index contributed by atoms with van der Waals surface area (Å²) in [7, 11) is -3.08. The Kier molecular flexibility index (Phi) is 7.48. The molecule has 3 unspecified atom stereocenters. The monoisotopic (exact) mass is 477 g/mol. The number of carbonyl (C=O) groups excluding carboxylic acids is 1. The second-order valence-corrected chi connectivity index (χ2v) is 13.0. The number of sulfone groups is 1. The van der Waals surface area contributed by atoms with Crippen LogP contribution in [-0.4, -0.2) is 30.7 Å². The molecule has 1 N–H and O–H groups in total. The van der Waals surface area contributed by atoms with Gasteiger partial charge in [-0.05, 0) is 75.5 Å². The minimum Gasteiger partial charge on any atom is -0.304 e. The number of aryl methyl sites for hydroxylation is 1. The summed E-state index contributed by atoms with van der Waals surface area (Å²) in [5.74, 6) is 0.292. The second-order valence-electron chi connectivity index (χ2n) is 9.98. The fourth-order valence-corrected chi connectivity index (χ4v) is 7.92. The zero-order valence-corrected chi connectivity index (χ0v) is 20.9. The van der Waals surface area contributed by atoms with Crippen LogP contribution in [0.1, 0.15) is 95.2 Å². The van der Waals surface area contributed by atoms with Crippen LogP contribution in [0.25, 0.3) is 0 Å². The van der Waals surface area contributed by atoms with Crippen molar-refractivity contribution in [3.63, 3.8) is 0 Å². The number of hydrogen-bond acceptors (Lipinski definition) is 4. The van der Waals surface area contributed by atoms with Crippen molar-refractivity contribution in [3.8, 4) is 0 Å². The summed E-state index contributed by atoms with van der Waals surface area (Å²) in [6, 6.07) is 6.66. The number of carbonyl (C=O) groups is 1. The topological polar surface area (TPSA) is 73.2 Å². The molecule has 32 heavy (non-hydrogen) atoms. The lowest BCUT2D eigenvalue weighted by Crippen LogP contribution is -2.32. The zero-order chi connectivity index (χ0) is 22.9. The van der Waals surface area contributed by atoms with Crippen molar-refractivity contribution < 1.29 is 13.2 Å². The number of benzene rings is 1. The molecule has 1 aromatic rings. The lowest BCUT2D eigenvalue weighted by atomic mass is 9.88. The molecule has 6 heteroatoms. The van der Waals surface area contributed by atoms with Crippen LogP contribution in [0, 0.1) is 0 Å². The second kappa shape index (κ2) is 9.99. The molecule has 3 aliphatic rings. The molecule has 2 aliphatic carbocycles. The van der Waals surface area contributed by atoms with Crippen LogP contribution in [0.3, 0.4) is 0 Å². The van der Waals surface area contributed by atoms with Gasteiger partial charge in [-0.15, -0.1) is 0 Å². The third kappa shape index (κ3) is 5.15. The van der Waals surface area contributed by atoms with Gasteiger partial charge in [-0.25, -0.2) is 8.42 Å². The maximum Gasteiger partial charge on any atom is 0.158 e. The maximum absolute atomic E-state index is 13.0. The lowest BCUT2D eigenvalue weighted by Gasteiger charge is -2.25. The highest BCUT2D eigenvalue weighted by Gasteiger charge is 2.40. The lowest BCUT2D eigenvalue weighted by molar-refractivity contribution is -0.116. The van der Waals surface area contributed by atoms with Gasteiger partial charge < -0.3 is 5.32 Å². The van der Waals surface area contributed by atoms with Crippen LogP contribution in [0.5, 0.6) is 0 Å². The van der Waals surface area contributed by atoms with E-state index in [2.05, 4.69) is 11.4 Å². The zero-order valence-electron chi connectivity index (χ0n) is 19.3. The Bertz CT molecular complexity index is 994. The Morgan fingerprint density at radius 1 is 1.12 bits per heavy atom. The minimum absolute atomic E-state index is 0.158. The standard InChI is InChI=1S/C26H36ClNO3S/c1-17(32(30,31)21-10-4-3-5-11-21)14-15-19-8-6-12-22(25(19)27)26-23(28-26)16-20-9-7-13-24(29)18(20)2/h6,8,12,17,21,23,26,28H,3-5,7,9-11,13-16H2,1-2H3. The summed E-state index contributed by atoms with van der Waals surface area (Å²) in [4.78, 5) is 12.0. The molecule has 1 saturated carbocycles. The highest BCUT2D eigenvalue weighted by Crippen LogP contribution is 2.41. The van der Waals surface area contributed by atoms with Crippen molar-refractivity contribution in [1.82, 2.24) is 5.32 Å². The molecule has 1 saturated heterocycles. The number of nitrogens with one attached hydrogen (secondary N) is 1. The quantitative estimate of drug-likeness (QED) is 0.474. The number of allylic oxidation sites excluding steroid dienone is 1. The number of halogens is 1. The number of ketones is 1. The van der Waals surface area contributed by atoms with E-state index in [4.69, 9.17) is 11.6 Å². The van der Waals surface area contributed by atoms with Crippen molar-refractivity contribution in [1.29, 1.82) is 0 Å². The molecule has 176 valence electrons. The number of hydrogen-bond donors (Lipinski definition) is 1. The van der Waals surface area contributed by atoms with Crippen molar-refractivity contribution in [2.45, 2.75) is 107 Å². The number of rotatable bonds is 8. The van der Waals surface area contributed by atoms with Crippen molar-refractivity contribution >= 4 is 27.2 Å². The Balaban J connectivity index is 1.38. The molecule has 0 bridgehead atoms. The Morgan fingerprint density at radius 3 is 2.62 bits per heavy atom. The third-order valence-electron chi connectivity index (χ3n) is 7.83. The van der Waals surface area contributed by atoms with Gasteiger partial charge in [0, 0.05) is 23.5 Å². The van der Waals surface area contributed by atoms with E-state index >= 15 is 0 Å². The van der Waals surface area contributed by atoms with Gasteiger partial charge in [0.05, 0.1) is 10.5 Å². The molecule has 3 atom stereocenters. The molecule has 2 fully saturated rings. The average Bonchev–Trinajstić information content (AvgIpc) is 3.55. The molecule has 0 spiro atoms.